The summed E-state index contributed by atoms with van der Waals surface area (Å²) in [5.41, 5.74) is 1.80. The van der Waals surface area contributed by atoms with Gasteiger partial charge in [0.2, 0.25) is 0 Å². The van der Waals surface area contributed by atoms with Crippen LogP contribution in [0.15, 0.2) is 54.6 Å². The van der Waals surface area contributed by atoms with E-state index in [4.69, 9.17) is 13.9 Å². The van der Waals surface area contributed by atoms with Gasteiger partial charge in [0.15, 0.2) is 14.4 Å². The van der Waals surface area contributed by atoms with Crippen molar-refractivity contribution in [2.75, 3.05) is 18.1 Å². The number of fused-ring (bicyclic) bond motifs is 1. The van der Waals surface area contributed by atoms with Gasteiger partial charge in [0.25, 0.3) is 5.91 Å². The maximum Gasteiger partial charge on any atom is 0.306 e. The molecule has 0 aliphatic carbocycles. The van der Waals surface area contributed by atoms with Crippen molar-refractivity contribution >= 4 is 25.9 Å². The van der Waals surface area contributed by atoms with Gasteiger partial charge in [-0.05, 0) is 48.7 Å². The number of anilines is 1. The molecule has 7 heteroatoms. The molecule has 2 aromatic rings. The van der Waals surface area contributed by atoms with Gasteiger partial charge in [0.05, 0.1) is 5.69 Å². The largest absolute Gasteiger partial charge is 0.478 e. The van der Waals surface area contributed by atoms with E-state index in [-0.39, 0.29) is 16.9 Å². The molecule has 0 fully saturated rings. The van der Waals surface area contributed by atoms with Crippen LogP contribution in [0.2, 0.25) is 18.1 Å². The van der Waals surface area contributed by atoms with Gasteiger partial charge in [-0.1, -0.05) is 69.7 Å². The van der Waals surface area contributed by atoms with Crippen molar-refractivity contribution < 1.29 is 23.5 Å². The maximum atomic E-state index is 13.3. The van der Waals surface area contributed by atoms with Crippen molar-refractivity contribution in [2.45, 2.75) is 83.7 Å². The van der Waals surface area contributed by atoms with Crippen LogP contribution in [0.25, 0.3) is 0 Å². The van der Waals surface area contributed by atoms with E-state index >= 15 is 0 Å². The highest BCUT2D eigenvalue weighted by Gasteiger charge is 2.38. The Morgan fingerprint density at radius 3 is 2.42 bits per heavy atom. The number of rotatable bonds is 12. The molecule has 1 amide bonds. The first kappa shape index (κ1) is 27.9. The first-order chi connectivity index (χ1) is 17.1. The molecule has 0 N–H and O–H groups in total. The number of hydrogen-bond acceptors (Lipinski definition) is 5. The predicted molar refractivity (Wildman–Crippen MR) is 146 cm³/mol. The van der Waals surface area contributed by atoms with E-state index in [1.165, 1.54) is 0 Å². The monoisotopic (exact) mass is 511 g/mol. The lowest BCUT2D eigenvalue weighted by atomic mass is 10.1. The Morgan fingerprint density at radius 1 is 1.00 bits per heavy atom. The zero-order valence-electron chi connectivity index (χ0n) is 22.4. The minimum atomic E-state index is -1.88. The summed E-state index contributed by atoms with van der Waals surface area (Å²) in [5, 5.41) is 0.122. The molecule has 0 bridgehead atoms. The topological polar surface area (TPSA) is 65.1 Å². The zero-order chi connectivity index (χ0) is 26.2. The molecule has 2 aromatic carbocycles. The highest BCUT2D eigenvalue weighted by molar-refractivity contribution is 6.74. The van der Waals surface area contributed by atoms with Crippen LogP contribution >= 0.6 is 0 Å². The third kappa shape index (κ3) is 7.68. The van der Waals surface area contributed by atoms with Crippen LogP contribution in [0, 0.1) is 0 Å². The van der Waals surface area contributed by atoms with Crippen LogP contribution in [0.1, 0.15) is 58.4 Å². The summed E-state index contributed by atoms with van der Waals surface area (Å²) < 4.78 is 17.7. The number of para-hydroxylation sites is 2. The highest BCUT2D eigenvalue weighted by atomic mass is 28.4. The average Bonchev–Trinajstić information content (AvgIpc) is 2.84. The summed E-state index contributed by atoms with van der Waals surface area (Å²) >= 11 is 0. The minimum absolute atomic E-state index is 0.0187. The van der Waals surface area contributed by atoms with E-state index in [1.807, 2.05) is 59.5 Å². The Morgan fingerprint density at radius 2 is 1.69 bits per heavy atom. The molecule has 0 spiro atoms. The molecule has 196 valence electrons. The summed E-state index contributed by atoms with van der Waals surface area (Å²) in [7, 11) is -1.88. The number of benzene rings is 2. The highest BCUT2D eigenvalue weighted by Crippen LogP contribution is 2.38. The molecular formula is C29H41NO5Si. The number of carbonyl (C=O) groups excluding carboxylic acids is 2. The lowest BCUT2D eigenvalue weighted by Crippen LogP contribution is -2.47. The average molecular weight is 512 g/mol. The molecule has 0 radical (unpaired) electrons. The van der Waals surface area contributed by atoms with E-state index in [9.17, 15) is 9.59 Å². The first-order valence-corrected chi connectivity index (χ1v) is 15.9. The number of amides is 1. The van der Waals surface area contributed by atoms with Gasteiger partial charge in [0, 0.05) is 26.0 Å². The van der Waals surface area contributed by atoms with Crippen molar-refractivity contribution in [1.82, 2.24) is 0 Å². The number of unbranched alkanes of at least 4 members (excludes halogenated alkanes) is 2. The molecule has 6 nitrogen and oxygen atoms in total. The van der Waals surface area contributed by atoms with Gasteiger partial charge in [-0.25, -0.2) is 0 Å². The van der Waals surface area contributed by atoms with Gasteiger partial charge >= 0.3 is 5.97 Å². The molecule has 0 saturated heterocycles. The second-order valence-electron chi connectivity index (χ2n) is 10.9. The Kier molecular flexibility index (Phi) is 9.74. The van der Waals surface area contributed by atoms with Crippen LogP contribution in [0.5, 0.6) is 5.75 Å². The fraction of sp³-hybridized carbons (Fsp3) is 0.517. The van der Waals surface area contributed by atoms with E-state index in [2.05, 4.69) is 33.9 Å². The summed E-state index contributed by atoms with van der Waals surface area (Å²) in [6.45, 7) is 12.5. The lowest BCUT2D eigenvalue weighted by molar-refractivity contribution is -0.145. The van der Waals surface area contributed by atoms with E-state index in [1.54, 1.807) is 0 Å². The number of ether oxygens (including phenoxy) is 2. The maximum absolute atomic E-state index is 13.3. The summed E-state index contributed by atoms with van der Waals surface area (Å²) in [6, 6.07) is 17.4. The fourth-order valence-corrected chi connectivity index (χ4v) is 4.91. The molecule has 1 unspecified atom stereocenters. The van der Waals surface area contributed by atoms with Crippen LogP contribution in [0.3, 0.4) is 0 Å². The predicted octanol–water partition coefficient (Wildman–Crippen LogP) is 6.50. The third-order valence-electron chi connectivity index (χ3n) is 7.12. The van der Waals surface area contributed by atoms with Gasteiger partial charge in [-0.3, -0.25) is 9.59 Å². The van der Waals surface area contributed by atoms with Gasteiger partial charge in [0.1, 0.15) is 12.4 Å². The van der Waals surface area contributed by atoms with E-state index < -0.39 is 14.4 Å². The molecule has 1 aliphatic rings. The quantitative estimate of drug-likeness (QED) is 0.185. The second-order valence-corrected chi connectivity index (χ2v) is 15.7. The molecule has 1 heterocycles. The number of nitrogens with zero attached hydrogens (tertiary/aromatic N) is 1. The summed E-state index contributed by atoms with van der Waals surface area (Å²) in [6.07, 6.45) is 2.75. The molecule has 0 aromatic heterocycles. The second kappa shape index (κ2) is 12.5. The molecule has 3 rings (SSSR count). The number of esters is 1. The fourth-order valence-electron chi connectivity index (χ4n) is 3.85. The van der Waals surface area contributed by atoms with Gasteiger partial charge in [-0.15, -0.1) is 0 Å². The zero-order valence-corrected chi connectivity index (χ0v) is 23.4. The molecular weight excluding hydrogens is 470 g/mol. The molecule has 1 aliphatic heterocycles. The van der Waals surface area contributed by atoms with Crippen LogP contribution in [0.4, 0.5) is 5.69 Å². The molecule has 0 saturated carbocycles. The SMILES string of the molecule is CC(C)(C)[Si](C)(C)OCCC1Oc2ccccc2N(CCCCCC(=O)OCc2ccccc2)C1=O. The Bertz CT molecular complexity index is 1000. The van der Waals surface area contributed by atoms with Crippen LogP contribution in [-0.4, -0.2) is 39.4 Å². The lowest BCUT2D eigenvalue weighted by Gasteiger charge is -2.37. The Hall–Kier alpha value is -2.64. The summed E-state index contributed by atoms with van der Waals surface area (Å²) in [5.74, 6) is 0.530. The van der Waals surface area contributed by atoms with E-state index in [0.717, 1.165) is 36.3 Å². The Labute approximate surface area is 217 Å². The van der Waals surface area contributed by atoms with Gasteiger partial charge < -0.3 is 18.8 Å². The van der Waals surface area contributed by atoms with Crippen molar-refractivity contribution in [2.24, 2.45) is 0 Å². The number of carbonyl (C=O) groups is 2. The first-order valence-electron chi connectivity index (χ1n) is 13.0. The number of hydrogen-bond donors (Lipinski definition) is 0. The van der Waals surface area contributed by atoms with Crippen molar-refractivity contribution in [3.63, 3.8) is 0 Å². The van der Waals surface area contributed by atoms with Crippen molar-refractivity contribution in [1.29, 1.82) is 0 Å². The van der Waals surface area contributed by atoms with Crippen molar-refractivity contribution in [3.05, 3.63) is 60.2 Å². The smallest absolute Gasteiger partial charge is 0.306 e. The molecule has 36 heavy (non-hydrogen) atoms. The third-order valence-corrected chi connectivity index (χ3v) is 11.7. The standard InChI is InChI=1S/C29H41NO5Si/c1-29(2,3)36(4,5)34-21-19-26-28(32)30(24-16-11-12-17-25(24)35-26)20-13-7-10-18-27(31)33-22-23-14-8-6-9-15-23/h6,8-9,11-12,14-17,26H,7,10,13,18-22H2,1-5H3. The molecule has 1 atom stereocenters. The summed E-state index contributed by atoms with van der Waals surface area (Å²) in [4.78, 5) is 27.2. The minimum Gasteiger partial charge on any atom is -0.478 e. The van der Waals surface area contributed by atoms with Crippen molar-refractivity contribution in [3.8, 4) is 5.75 Å². The van der Waals surface area contributed by atoms with Crippen LogP contribution < -0.4 is 9.64 Å². The Balaban J connectivity index is 1.47. The van der Waals surface area contributed by atoms with E-state index in [0.29, 0.717) is 32.6 Å². The normalized spacial score (nSPS) is 15.9. The van der Waals surface area contributed by atoms with Gasteiger partial charge in [-0.2, -0.15) is 0 Å². The van der Waals surface area contributed by atoms with Crippen LogP contribution in [-0.2, 0) is 25.4 Å².